The highest BCUT2D eigenvalue weighted by Crippen LogP contribution is 2.21. The maximum atomic E-state index is 12.8. The van der Waals surface area contributed by atoms with Gasteiger partial charge in [-0.1, -0.05) is 12.1 Å². The number of nitrogens with zero attached hydrogens (tertiary/aromatic N) is 1. The SMILES string of the molecule is CN(C[C@@H]1CO1)c1ccc(OCc2ccc(F)cc2)cc1. The Bertz CT molecular complexity index is 579. The Morgan fingerprint density at radius 3 is 2.43 bits per heavy atom. The third-order valence-electron chi connectivity index (χ3n) is 3.48. The molecule has 3 rings (SSSR count). The van der Waals surface area contributed by atoms with E-state index in [0.717, 1.165) is 30.2 Å². The highest BCUT2D eigenvalue weighted by atomic mass is 19.1. The number of ether oxygens (including phenoxy) is 2. The normalized spacial score (nSPS) is 16.6. The van der Waals surface area contributed by atoms with Crippen molar-refractivity contribution in [2.45, 2.75) is 12.7 Å². The van der Waals surface area contributed by atoms with Crippen LogP contribution in [0.1, 0.15) is 5.56 Å². The van der Waals surface area contributed by atoms with Crippen LogP contribution in [0.3, 0.4) is 0 Å². The minimum atomic E-state index is -0.231. The van der Waals surface area contributed by atoms with Crippen molar-refractivity contribution in [2.75, 3.05) is 25.1 Å². The van der Waals surface area contributed by atoms with Crippen LogP contribution in [0.25, 0.3) is 0 Å². The fourth-order valence-electron chi connectivity index (χ4n) is 2.13. The zero-order chi connectivity index (χ0) is 14.7. The summed E-state index contributed by atoms with van der Waals surface area (Å²) in [4.78, 5) is 2.17. The van der Waals surface area contributed by atoms with E-state index in [-0.39, 0.29) is 5.82 Å². The summed E-state index contributed by atoms with van der Waals surface area (Å²) in [6.07, 6.45) is 0.379. The van der Waals surface area contributed by atoms with E-state index in [9.17, 15) is 4.39 Å². The molecule has 0 unspecified atom stereocenters. The molecule has 0 amide bonds. The summed E-state index contributed by atoms with van der Waals surface area (Å²) >= 11 is 0. The summed E-state index contributed by atoms with van der Waals surface area (Å²) in [5.41, 5.74) is 2.09. The van der Waals surface area contributed by atoms with Gasteiger partial charge in [-0.15, -0.1) is 0 Å². The van der Waals surface area contributed by atoms with Crippen molar-refractivity contribution in [3.63, 3.8) is 0 Å². The number of halogens is 1. The maximum Gasteiger partial charge on any atom is 0.123 e. The third kappa shape index (κ3) is 3.95. The van der Waals surface area contributed by atoms with E-state index in [0.29, 0.717) is 12.7 Å². The highest BCUT2D eigenvalue weighted by Gasteiger charge is 2.24. The zero-order valence-electron chi connectivity index (χ0n) is 12.0. The van der Waals surface area contributed by atoms with Crippen LogP contribution in [0.2, 0.25) is 0 Å². The molecule has 0 N–H and O–H groups in total. The molecular formula is C17H18FNO2. The molecule has 0 spiro atoms. The van der Waals surface area contributed by atoms with Gasteiger partial charge in [-0.25, -0.2) is 4.39 Å². The quantitative estimate of drug-likeness (QED) is 0.763. The van der Waals surface area contributed by atoms with E-state index in [1.165, 1.54) is 12.1 Å². The minimum absolute atomic E-state index is 0.231. The largest absolute Gasteiger partial charge is 0.489 e. The van der Waals surface area contributed by atoms with Gasteiger partial charge in [0.2, 0.25) is 0 Å². The molecule has 0 radical (unpaired) electrons. The van der Waals surface area contributed by atoms with Crippen LogP contribution >= 0.6 is 0 Å². The molecule has 1 heterocycles. The molecule has 1 saturated heterocycles. The van der Waals surface area contributed by atoms with Crippen molar-refractivity contribution in [1.29, 1.82) is 0 Å². The van der Waals surface area contributed by atoms with Crippen molar-refractivity contribution in [3.8, 4) is 5.75 Å². The molecule has 1 aliphatic rings. The molecule has 0 bridgehead atoms. The highest BCUT2D eigenvalue weighted by molar-refractivity contribution is 5.48. The van der Waals surface area contributed by atoms with Gasteiger partial charge in [-0.3, -0.25) is 0 Å². The summed E-state index contributed by atoms with van der Waals surface area (Å²) in [6.45, 7) is 2.21. The van der Waals surface area contributed by atoms with E-state index >= 15 is 0 Å². The molecule has 110 valence electrons. The first-order valence-electron chi connectivity index (χ1n) is 7.01. The number of hydrogen-bond acceptors (Lipinski definition) is 3. The van der Waals surface area contributed by atoms with Crippen molar-refractivity contribution in [3.05, 3.63) is 59.9 Å². The van der Waals surface area contributed by atoms with Gasteiger partial charge in [0, 0.05) is 19.3 Å². The van der Waals surface area contributed by atoms with E-state index in [4.69, 9.17) is 9.47 Å². The van der Waals surface area contributed by atoms with Crippen molar-refractivity contribution >= 4 is 5.69 Å². The number of anilines is 1. The second-order valence-corrected chi connectivity index (χ2v) is 5.24. The van der Waals surface area contributed by atoms with Gasteiger partial charge < -0.3 is 14.4 Å². The molecule has 0 aromatic heterocycles. The van der Waals surface area contributed by atoms with Gasteiger partial charge >= 0.3 is 0 Å². The molecule has 0 aliphatic carbocycles. The molecule has 1 fully saturated rings. The zero-order valence-corrected chi connectivity index (χ0v) is 12.0. The van der Waals surface area contributed by atoms with Crippen molar-refractivity contribution < 1.29 is 13.9 Å². The summed E-state index contributed by atoms with van der Waals surface area (Å²) < 4.78 is 23.7. The molecule has 2 aromatic carbocycles. The number of hydrogen-bond donors (Lipinski definition) is 0. The van der Waals surface area contributed by atoms with E-state index in [1.54, 1.807) is 12.1 Å². The van der Waals surface area contributed by atoms with Crippen LogP contribution in [0.15, 0.2) is 48.5 Å². The fourth-order valence-corrected chi connectivity index (χ4v) is 2.13. The molecule has 4 heteroatoms. The van der Waals surface area contributed by atoms with Crippen LogP contribution < -0.4 is 9.64 Å². The average molecular weight is 287 g/mol. The first kappa shape index (κ1) is 13.9. The molecule has 1 atom stereocenters. The Labute approximate surface area is 123 Å². The Balaban J connectivity index is 1.55. The van der Waals surface area contributed by atoms with Crippen LogP contribution in [-0.2, 0) is 11.3 Å². The molecule has 21 heavy (non-hydrogen) atoms. The van der Waals surface area contributed by atoms with Gasteiger partial charge in [0.05, 0.1) is 12.7 Å². The molecule has 3 nitrogen and oxygen atoms in total. The summed E-state index contributed by atoms with van der Waals surface area (Å²) in [7, 11) is 2.05. The lowest BCUT2D eigenvalue weighted by molar-refractivity contribution is 0.306. The van der Waals surface area contributed by atoms with Gasteiger partial charge in [-0.05, 0) is 42.0 Å². The van der Waals surface area contributed by atoms with Gasteiger partial charge in [-0.2, -0.15) is 0 Å². The molecule has 2 aromatic rings. The second-order valence-electron chi connectivity index (χ2n) is 5.24. The van der Waals surface area contributed by atoms with Gasteiger partial charge in [0.1, 0.15) is 18.2 Å². The number of benzene rings is 2. The summed E-state index contributed by atoms with van der Waals surface area (Å²) in [5, 5.41) is 0. The Hall–Kier alpha value is -2.07. The Morgan fingerprint density at radius 2 is 1.81 bits per heavy atom. The van der Waals surface area contributed by atoms with Crippen LogP contribution in [0, 0.1) is 5.82 Å². The lowest BCUT2D eigenvalue weighted by atomic mass is 10.2. The smallest absolute Gasteiger partial charge is 0.123 e. The molecular weight excluding hydrogens is 269 g/mol. The number of rotatable bonds is 6. The van der Waals surface area contributed by atoms with Crippen LogP contribution in [0.5, 0.6) is 5.75 Å². The minimum Gasteiger partial charge on any atom is -0.489 e. The lowest BCUT2D eigenvalue weighted by Gasteiger charge is -2.18. The third-order valence-corrected chi connectivity index (χ3v) is 3.48. The first-order chi connectivity index (χ1) is 10.2. The second kappa shape index (κ2) is 6.14. The predicted molar refractivity (Wildman–Crippen MR) is 80.2 cm³/mol. The number of likely N-dealkylation sites (N-methyl/N-ethyl adjacent to an activating group) is 1. The molecule has 0 saturated carbocycles. The molecule has 1 aliphatic heterocycles. The van der Waals surface area contributed by atoms with Crippen molar-refractivity contribution in [2.24, 2.45) is 0 Å². The predicted octanol–water partition coefficient (Wildman–Crippen LogP) is 3.24. The van der Waals surface area contributed by atoms with E-state index in [2.05, 4.69) is 11.9 Å². The summed E-state index contributed by atoms with van der Waals surface area (Å²) in [5.74, 6) is 0.574. The fraction of sp³-hybridized carbons (Fsp3) is 0.294. The number of epoxide rings is 1. The maximum absolute atomic E-state index is 12.8. The van der Waals surface area contributed by atoms with E-state index in [1.807, 2.05) is 24.3 Å². The van der Waals surface area contributed by atoms with Crippen LogP contribution in [0.4, 0.5) is 10.1 Å². The van der Waals surface area contributed by atoms with Crippen LogP contribution in [-0.4, -0.2) is 26.3 Å². The summed E-state index contributed by atoms with van der Waals surface area (Å²) in [6, 6.07) is 14.3. The Kier molecular flexibility index (Phi) is 4.06. The topological polar surface area (TPSA) is 25.0 Å². The average Bonchev–Trinajstić information content (AvgIpc) is 3.31. The van der Waals surface area contributed by atoms with E-state index < -0.39 is 0 Å². The monoisotopic (exact) mass is 287 g/mol. The van der Waals surface area contributed by atoms with Crippen molar-refractivity contribution in [1.82, 2.24) is 0 Å². The van der Waals surface area contributed by atoms with Gasteiger partial charge in [0.25, 0.3) is 0 Å². The van der Waals surface area contributed by atoms with Gasteiger partial charge in [0.15, 0.2) is 0 Å². The lowest BCUT2D eigenvalue weighted by Crippen LogP contribution is -2.22. The Morgan fingerprint density at radius 1 is 1.14 bits per heavy atom. The first-order valence-corrected chi connectivity index (χ1v) is 7.01. The standard InChI is InChI=1S/C17H18FNO2/c1-19(10-17-12-21-17)15-6-8-16(9-7-15)20-11-13-2-4-14(18)5-3-13/h2-9,17H,10-12H2,1H3/t17-/m1/s1.